The highest BCUT2D eigenvalue weighted by molar-refractivity contribution is 6.01. The number of fused-ring (bicyclic) bond motifs is 3. The van der Waals surface area contributed by atoms with E-state index in [0.717, 1.165) is 48.3 Å². The highest BCUT2D eigenvalue weighted by Gasteiger charge is 2.36. The van der Waals surface area contributed by atoms with Crippen molar-refractivity contribution < 1.29 is 9.18 Å². The summed E-state index contributed by atoms with van der Waals surface area (Å²) in [5.74, 6) is 0.296. The molecule has 2 bridgehead atoms. The van der Waals surface area contributed by atoms with Crippen molar-refractivity contribution in [1.29, 1.82) is 0 Å². The van der Waals surface area contributed by atoms with Gasteiger partial charge in [-0.2, -0.15) is 0 Å². The number of hydrogen-bond acceptors (Lipinski definition) is 2. The molecule has 2 nitrogen and oxygen atoms in total. The molecule has 0 saturated carbocycles. The molecule has 0 spiro atoms. The van der Waals surface area contributed by atoms with Gasteiger partial charge in [0.1, 0.15) is 5.82 Å². The zero-order valence-electron chi connectivity index (χ0n) is 12.8. The molecule has 3 saturated heterocycles. The van der Waals surface area contributed by atoms with E-state index in [2.05, 4.69) is 4.90 Å². The van der Waals surface area contributed by atoms with Crippen LogP contribution in [0.5, 0.6) is 0 Å². The topological polar surface area (TPSA) is 20.3 Å². The van der Waals surface area contributed by atoms with E-state index in [1.54, 1.807) is 12.1 Å². The fourth-order valence-corrected chi connectivity index (χ4v) is 3.48. The zero-order valence-corrected chi connectivity index (χ0v) is 12.8. The molecule has 5 rings (SSSR count). The van der Waals surface area contributed by atoms with Crippen molar-refractivity contribution in [2.45, 2.75) is 12.8 Å². The molecule has 0 radical (unpaired) electrons. The molecule has 2 aromatic rings. The molecule has 3 heteroatoms. The minimum atomic E-state index is -0.227. The van der Waals surface area contributed by atoms with Crippen LogP contribution in [-0.4, -0.2) is 23.8 Å². The third kappa shape index (κ3) is 2.67. The predicted molar refractivity (Wildman–Crippen MR) is 89.1 cm³/mol. The Balaban J connectivity index is 1.60. The smallest absolute Gasteiger partial charge is 0.182 e. The van der Waals surface area contributed by atoms with Crippen LogP contribution >= 0.6 is 0 Å². The van der Waals surface area contributed by atoms with E-state index in [1.165, 1.54) is 12.1 Å². The lowest BCUT2D eigenvalue weighted by molar-refractivity contribution is -0.125. The number of nitrogens with zero attached hydrogens (tertiary/aromatic N) is 1. The summed E-state index contributed by atoms with van der Waals surface area (Å²) in [6.07, 6.45) is 4.00. The first kappa shape index (κ1) is 14.2. The fourth-order valence-electron chi connectivity index (χ4n) is 3.48. The van der Waals surface area contributed by atoms with E-state index in [0.29, 0.717) is 5.78 Å². The summed E-state index contributed by atoms with van der Waals surface area (Å²) in [6, 6.07) is 14.5. The maximum absolute atomic E-state index is 13.0. The third-order valence-electron chi connectivity index (χ3n) is 4.85. The van der Waals surface area contributed by atoms with Crippen molar-refractivity contribution in [3.63, 3.8) is 0 Å². The molecule has 0 N–H and O–H groups in total. The Morgan fingerprint density at radius 2 is 1.48 bits per heavy atom. The SMILES string of the molecule is O=C1C(=Cc2ccc(-c3ccc(F)cc3)cc2)N2CCC1CC2. The molecule has 0 atom stereocenters. The number of benzene rings is 2. The number of carbonyl (C=O) groups is 1. The van der Waals surface area contributed by atoms with Gasteiger partial charge in [-0.3, -0.25) is 4.79 Å². The van der Waals surface area contributed by atoms with E-state index in [1.807, 2.05) is 30.3 Å². The van der Waals surface area contributed by atoms with Crippen molar-refractivity contribution in [2.75, 3.05) is 13.1 Å². The van der Waals surface area contributed by atoms with Crippen LogP contribution in [0.4, 0.5) is 4.39 Å². The lowest BCUT2D eigenvalue weighted by Gasteiger charge is -2.41. The minimum absolute atomic E-state index is 0.227. The number of allylic oxidation sites excluding steroid dienone is 1. The van der Waals surface area contributed by atoms with Crippen molar-refractivity contribution in [1.82, 2.24) is 4.90 Å². The Morgan fingerprint density at radius 3 is 2.04 bits per heavy atom. The van der Waals surface area contributed by atoms with Gasteiger partial charge in [-0.05, 0) is 47.7 Å². The summed E-state index contributed by atoms with van der Waals surface area (Å²) in [5, 5.41) is 0. The maximum Gasteiger partial charge on any atom is 0.182 e. The monoisotopic (exact) mass is 307 g/mol. The van der Waals surface area contributed by atoms with Crippen LogP contribution in [0.25, 0.3) is 17.2 Å². The van der Waals surface area contributed by atoms with Gasteiger partial charge in [0.15, 0.2) is 5.78 Å². The van der Waals surface area contributed by atoms with Gasteiger partial charge in [-0.1, -0.05) is 36.4 Å². The quantitative estimate of drug-likeness (QED) is 0.778. The van der Waals surface area contributed by atoms with E-state index in [-0.39, 0.29) is 11.7 Å². The molecule has 0 unspecified atom stereocenters. The number of halogens is 1. The van der Waals surface area contributed by atoms with Gasteiger partial charge in [0.2, 0.25) is 0 Å². The summed E-state index contributed by atoms with van der Waals surface area (Å²) in [7, 11) is 0. The Bertz CT molecular complexity index is 753. The second-order valence-electron chi connectivity index (χ2n) is 6.28. The largest absolute Gasteiger partial charge is 0.369 e. The van der Waals surface area contributed by atoms with Crippen LogP contribution in [-0.2, 0) is 4.79 Å². The Hall–Kier alpha value is -2.42. The molecule has 3 aliphatic rings. The van der Waals surface area contributed by atoms with Crippen LogP contribution in [0.2, 0.25) is 0 Å². The molecule has 0 aliphatic carbocycles. The van der Waals surface area contributed by atoms with Crippen LogP contribution in [0, 0.1) is 11.7 Å². The van der Waals surface area contributed by atoms with Gasteiger partial charge < -0.3 is 4.90 Å². The fraction of sp³-hybridized carbons (Fsp3) is 0.250. The van der Waals surface area contributed by atoms with Crippen LogP contribution in [0.15, 0.2) is 54.2 Å². The first-order chi connectivity index (χ1) is 11.2. The van der Waals surface area contributed by atoms with Gasteiger partial charge >= 0.3 is 0 Å². The summed E-state index contributed by atoms with van der Waals surface area (Å²) >= 11 is 0. The van der Waals surface area contributed by atoms with Gasteiger partial charge in [0.25, 0.3) is 0 Å². The Labute approximate surface area is 135 Å². The van der Waals surface area contributed by atoms with Crippen LogP contribution < -0.4 is 0 Å². The standard InChI is InChI=1S/C20H18FNO/c21-18-7-5-16(6-8-18)15-3-1-14(2-4-15)13-19-20(23)17-9-11-22(19)12-10-17/h1-8,13,17H,9-12H2. The number of rotatable bonds is 2. The second-order valence-corrected chi connectivity index (χ2v) is 6.28. The first-order valence-electron chi connectivity index (χ1n) is 8.07. The molecule has 3 aliphatic heterocycles. The predicted octanol–water partition coefficient (Wildman–Crippen LogP) is 4.13. The van der Waals surface area contributed by atoms with Crippen molar-refractivity contribution in [3.8, 4) is 11.1 Å². The lowest BCUT2D eigenvalue weighted by atomic mass is 9.84. The molecule has 3 fully saturated rings. The van der Waals surface area contributed by atoms with E-state index in [9.17, 15) is 9.18 Å². The number of hydrogen-bond donors (Lipinski definition) is 0. The molecule has 116 valence electrons. The molecular formula is C20H18FNO. The van der Waals surface area contributed by atoms with Crippen LogP contribution in [0.3, 0.4) is 0 Å². The van der Waals surface area contributed by atoms with Gasteiger partial charge in [-0.15, -0.1) is 0 Å². The van der Waals surface area contributed by atoms with E-state index < -0.39 is 0 Å². The normalized spacial score (nSPS) is 19.6. The second kappa shape index (κ2) is 5.65. The van der Waals surface area contributed by atoms with Gasteiger partial charge in [0.05, 0.1) is 5.70 Å². The number of carbonyl (C=O) groups excluding carboxylic acids is 1. The van der Waals surface area contributed by atoms with Crippen molar-refractivity contribution in [3.05, 3.63) is 65.6 Å². The Morgan fingerprint density at radius 1 is 0.913 bits per heavy atom. The van der Waals surface area contributed by atoms with Gasteiger partial charge in [0, 0.05) is 19.0 Å². The molecule has 2 aromatic carbocycles. The van der Waals surface area contributed by atoms with Crippen molar-refractivity contribution in [2.24, 2.45) is 5.92 Å². The highest BCUT2D eigenvalue weighted by Crippen LogP contribution is 2.32. The maximum atomic E-state index is 13.0. The lowest BCUT2D eigenvalue weighted by Crippen LogP contribution is -2.45. The number of Topliss-reactive ketones (excluding diaryl/α,β-unsaturated/α-hetero) is 1. The average Bonchev–Trinajstić information content (AvgIpc) is 2.60. The number of piperidine rings is 3. The highest BCUT2D eigenvalue weighted by atomic mass is 19.1. The summed E-state index contributed by atoms with van der Waals surface area (Å²) < 4.78 is 13.0. The van der Waals surface area contributed by atoms with Crippen LogP contribution in [0.1, 0.15) is 18.4 Å². The Kier molecular flexibility index (Phi) is 3.49. The molecule has 0 aromatic heterocycles. The molecule has 3 heterocycles. The van der Waals surface area contributed by atoms with Crippen molar-refractivity contribution >= 4 is 11.9 Å². The molecule has 23 heavy (non-hydrogen) atoms. The summed E-state index contributed by atoms with van der Waals surface area (Å²) in [5.41, 5.74) is 3.93. The number of ketones is 1. The first-order valence-corrected chi connectivity index (χ1v) is 8.07. The summed E-state index contributed by atoms with van der Waals surface area (Å²) in [4.78, 5) is 14.6. The zero-order chi connectivity index (χ0) is 15.8. The minimum Gasteiger partial charge on any atom is -0.369 e. The average molecular weight is 307 g/mol. The summed E-state index contributed by atoms with van der Waals surface area (Å²) in [6.45, 7) is 1.99. The molecular weight excluding hydrogens is 289 g/mol. The van der Waals surface area contributed by atoms with Gasteiger partial charge in [-0.25, -0.2) is 4.39 Å². The molecule has 0 amide bonds. The van der Waals surface area contributed by atoms with E-state index in [4.69, 9.17) is 0 Å². The van der Waals surface area contributed by atoms with E-state index >= 15 is 0 Å². The third-order valence-corrected chi connectivity index (χ3v) is 4.85.